The van der Waals surface area contributed by atoms with Gasteiger partial charge in [0, 0.05) is 0 Å². The molecule has 0 aliphatic heterocycles. The molecule has 0 amide bonds. The third-order valence-corrected chi connectivity index (χ3v) is 3.34. The van der Waals surface area contributed by atoms with Crippen molar-refractivity contribution in [2.75, 3.05) is 6.61 Å². The summed E-state index contributed by atoms with van der Waals surface area (Å²) in [4.78, 5) is 11.4. The lowest BCUT2D eigenvalue weighted by Gasteiger charge is -2.01. The van der Waals surface area contributed by atoms with Crippen LogP contribution in [0.25, 0.3) is 0 Å². The summed E-state index contributed by atoms with van der Waals surface area (Å²) >= 11 is 4.00. The zero-order valence-electron chi connectivity index (χ0n) is 9.72. The SMILES string of the molecule is CCOC(=O)c1nnc(Oc2ccc(F)c(Br)c2)s1. The molecule has 0 saturated carbocycles. The van der Waals surface area contributed by atoms with Crippen molar-refractivity contribution in [2.45, 2.75) is 6.92 Å². The van der Waals surface area contributed by atoms with Crippen LogP contribution in [0, 0.1) is 5.82 Å². The average Bonchev–Trinajstić information content (AvgIpc) is 2.83. The van der Waals surface area contributed by atoms with E-state index in [0.29, 0.717) is 5.75 Å². The van der Waals surface area contributed by atoms with Gasteiger partial charge in [-0.2, -0.15) is 0 Å². The lowest BCUT2D eigenvalue weighted by Crippen LogP contribution is -2.03. The standard InChI is InChI=1S/C11H8BrFN2O3S/c1-2-17-10(16)9-14-15-11(19-9)18-6-3-4-8(13)7(12)5-6/h3-5H,2H2,1H3. The summed E-state index contributed by atoms with van der Waals surface area (Å²) in [7, 11) is 0. The van der Waals surface area contributed by atoms with Crippen molar-refractivity contribution in [1.82, 2.24) is 10.2 Å². The van der Waals surface area contributed by atoms with Crippen LogP contribution in [0.2, 0.25) is 0 Å². The van der Waals surface area contributed by atoms with Crippen LogP contribution in [0.1, 0.15) is 16.7 Å². The van der Waals surface area contributed by atoms with Crippen LogP contribution in [-0.2, 0) is 4.74 Å². The van der Waals surface area contributed by atoms with E-state index in [1.165, 1.54) is 18.2 Å². The minimum Gasteiger partial charge on any atom is -0.461 e. The van der Waals surface area contributed by atoms with Gasteiger partial charge in [-0.25, -0.2) is 9.18 Å². The molecule has 0 atom stereocenters. The van der Waals surface area contributed by atoms with Gasteiger partial charge < -0.3 is 9.47 Å². The molecule has 0 unspecified atom stereocenters. The Morgan fingerprint density at radius 3 is 2.95 bits per heavy atom. The minimum atomic E-state index is -0.546. The maximum absolute atomic E-state index is 13.0. The number of nitrogens with zero attached hydrogens (tertiary/aromatic N) is 2. The Bertz CT molecular complexity index is 605. The maximum Gasteiger partial charge on any atom is 0.369 e. The van der Waals surface area contributed by atoms with Gasteiger partial charge in [-0.3, -0.25) is 0 Å². The predicted octanol–water partition coefficient (Wildman–Crippen LogP) is 3.41. The number of carbonyl (C=O) groups is 1. The molecule has 0 spiro atoms. The second kappa shape index (κ2) is 6.07. The van der Waals surface area contributed by atoms with Crippen molar-refractivity contribution >= 4 is 33.2 Å². The highest BCUT2D eigenvalue weighted by atomic mass is 79.9. The molecule has 0 bridgehead atoms. The van der Waals surface area contributed by atoms with E-state index in [9.17, 15) is 9.18 Å². The zero-order chi connectivity index (χ0) is 13.8. The van der Waals surface area contributed by atoms with E-state index in [2.05, 4.69) is 26.1 Å². The van der Waals surface area contributed by atoms with Gasteiger partial charge in [0.05, 0.1) is 11.1 Å². The summed E-state index contributed by atoms with van der Waals surface area (Å²) in [6, 6.07) is 4.17. The van der Waals surface area contributed by atoms with Gasteiger partial charge in [-0.1, -0.05) is 5.10 Å². The van der Waals surface area contributed by atoms with E-state index in [4.69, 9.17) is 9.47 Å². The highest BCUT2D eigenvalue weighted by Crippen LogP contribution is 2.28. The Labute approximate surface area is 120 Å². The van der Waals surface area contributed by atoms with Crippen molar-refractivity contribution in [3.8, 4) is 10.9 Å². The van der Waals surface area contributed by atoms with Crippen molar-refractivity contribution in [2.24, 2.45) is 0 Å². The summed E-state index contributed by atoms with van der Waals surface area (Å²) in [5, 5.41) is 7.65. The molecule has 0 saturated heterocycles. The molecule has 1 aromatic heterocycles. The van der Waals surface area contributed by atoms with Gasteiger partial charge in [0.1, 0.15) is 11.6 Å². The van der Waals surface area contributed by atoms with E-state index >= 15 is 0 Å². The molecule has 19 heavy (non-hydrogen) atoms. The topological polar surface area (TPSA) is 61.3 Å². The number of hydrogen-bond donors (Lipinski definition) is 0. The first-order chi connectivity index (χ1) is 9.10. The highest BCUT2D eigenvalue weighted by molar-refractivity contribution is 9.10. The van der Waals surface area contributed by atoms with Crippen LogP contribution in [0.15, 0.2) is 22.7 Å². The number of esters is 1. The summed E-state index contributed by atoms with van der Waals surface area (Å²) in [6.07, 6.45) is 0. The van der Waals surface area contributed by atoms with E-state index in [-0.39, 0.29) is 21.3 Å². The normalized spacial score (nSPS) is 10.3. The first-order valence-electron chi connectivity index (χ1n) is 5.23. The number of benzene rings is 1. The molecule has 1 heterocycles. The molecular formula is C11H8BrFN2O3S. The number of rotatable bonds is 4. The number of hydrogen-bond acceptors (Lipinski definition) is 6. The van der Waals surface area contributed by atoms with E-state index in [1.54, 1.807) is 6.92 Å². The molecule has 5 nitrogen and oxygen atoms in total. The molecule has 2 aromatic rings. The van der Waals surface area contributed by atoms with Crippen molar-refractivity contribution < 1.29 is 18.7 Å². The molecule has 0 aliphatic rings. The number of halogens is 2. The van der Waals surface area contributed by atoms with Crippen LogP contribution in [0.5, 0.6) is 10.9 Å². The van der Waals surface area contributed by atoms with Gasteiger partial charge in [0.15, 0.2) is 0 Å². The smallest absolute Gasteiger partial charge is 0.369 e. The summed E-state index contributed by atoms with van der Waals surface area (Å²) < 4.78 is 23.5. The number of aromatic nitrogens is 2. The first kappa shape index (κ1) is 13.9. The van der Waals surface area contributed by atoms with Gasteiger partial charge in [0.2, 0.25) is 5.01 Å². The van der Waals surface area contributed by atoms with Gasteiger partial charge in [-0.15, -0.1) is 5.10 Å². The van der Waals surface area contributed by atoms with E-state index in [1.807, 2.05) is 0 Å². The Kier molecular flexibility index (Phi) is 4.43. The lowest BCUT2D eigenvalue weighted by molar-refractivity contribution is 0.0525. The Balaban J connectivity index is 2.11. The first-order valence-corrected chi connectivity index (χ1v) is 6.84. The largest absolute Gasteiger partial charge is 0.461 e. The summed E-state index contributed by atoms with van der Waals surface area (Å²) in [5.74, 6) is -0.549. The lowest BCUT2D eigenvalue weighted by atomic mass is 10.3. The molecule has 0 aliphatic carbocycles. The van der Waals surface area contributed by atoms with Crippen LogP contribution in [0.3, 0.4) is 0 Å². The molecule has 100 valence electrons. The van der Waals surface area contributed by atoms with E-state index in [0.717, 1.165) is 11.3 Å². The second-order valence-electron chi connectivity index (χ2n) is 3.27. The van der Waals surface area contributed by atoms with Gasteiger partial charge >= 0.3 is 5.97 Å². The predicted molar refractivity (Wildman–Crippen MR) is 70.0 cm³/mol. The molecule has 1 aromatic carbocycles. The number of ether oxygens (including phenoxy) is 2. The monoisotopic (exact) mass is 346 g/mol. The fraction of sp³-hybridized carbons (Fsp3) is 0.182. The second-order valence-corrected chi connectivity index (χ2v) is 5.07. The van der Waals surface area contributed by atoms with Crippen LogP contribution < -0.4 is 4.74 Å². The Hall–Kier alpha value is -1.54. The van der Waals surface area contributed by atoms with Crippen LogP contribution in [0.4, 0.5) is 4.39 Å². The third-order valence-electron chi connectivity index (χ3n) is 1.95. The Morgan fingerprint density at radius 1 is 1.47 bits per heavy atom. The minimum absolute atomic E-state index is 0.109. The molecule has 2 rings (SSSR count). The van der Waals surface area contributed by atoms with Crippen molar-refractivity contribution in [1.29, 1.82) is 0 Å². The molecule has 0 fully saturated rings. The molecule has 0 N–H and O–H groups in total. The molecule has 8 heteroatoms. The highest BCUT2D eigenvalue weighted by Gasteiger charge is 2.15. The van der Waals surface area contributed by atoms with Gasteiger partial charge in [-0.05, 0) is 52.4 Å². The maximum atomic E-state index is 13.0. The fourth-order valence-corrected chi connectivity index (χ4v) is 2.13. The Morgan fingerprint density at radius 2 is 2.26 bits per heavy atom. The van der Waals surface area contributed by atoms with Crippen LogP contribution in [-0.4, -0.2) is 22.8 Å². The summed E-state index contributed by atoms with van der Waals surface area (Å²) in [5.41, 5.74) is 0. The molecule has 0 radical (unpaired) electrons. The van der Waals surface area contributed by atoms with Crippen molar-refractivity contribution in [3.05, 3.63) is 33.5 Å². The van der Waals surface area contributed by atoms with E-state index < -0.39 is 11.8 Å². The quantitative estimate of drug-likeness (QED) is 0.794. The average molecular weight is 347 g/mol. The van der Waals surface area contributed by atoms with Gasteiger partial charge in [0.25, 0.3) is 5.19 Å². The third kappa shape index (κ3) is 3.48. The zero-order valence-corrected chi connectivity index (χ0v) is 12.1. The fourth-order valence-electron chi connectivity index (χ4n) is 1.17. The summed E-state index contributed by atoms with van der Waals surface area (Å²) in [6.45, 7) is 1.96. The number of carbonyl (C=O) groups excluding carboxylic acids is 1. The molecular weight excluding hydrogens is 339 g/mol. The van der Waals surface area contributed by atoms with Crippen LogP contribution >= 0.6 is 27.3 Å². The van der Waals surface area contributed by atoms with Crippen molar-refractivity contribution in [3.63, 3.8) is 0 Å².